The van der Waals surface area contributed by atoms with E-state index in [2.05, 4.69) is 27.0 Å². The molecule has 0 aliphatic heterocycles. The maximum atomic E-state index is 10.2. The van der Waals surface area contributed by atoms with Gasteiger partial charge in [-0.1, -0.05) is 27.2 Å². The SMILES string of the molecule is CSCCCC(C)(C)C1CCC(C)CC1O. The van der Waals surface area contributed by atoms with Gasteiger partial charge in [-0.2, -0.15) is 11.8 Å². The van der Waals surface area contributed by atoms with E-state index in [0.29, 0.717) is 17.3 Å². The first-order chi connectivity index (χ1) is 7.47. The van der Waals surface area contributed by atoms with Crippen molar-refractivity contribution >= 4 is 11.8 Å². The predicted molar refractivity (Wildman–Crippen MR) is 73.9 cm³/mol. The van der Waals surface area contributed by atoms with Crippen LogP contribution >= 0.6 is 11.8 Å². The highest BCUT2D eigenvalue weighted by atomic mass is 32.2. The zero-order valence-corrected chi connectivity index (χ0v) is 12.1. The van der Waals surface area contributed by atoms with Crippen LogP contribution in [0.25, 0.3) is 0 Å². The van der Waals surface area contributed by atoms with Crippen LogP contribution in [-0.4, -0.2) is 23.2 Å². The Morgan fingerprint density at radius 1 is 1.31 bits per heavy atom. The molecule has 1 nitrogen and oxygen atoms in total. The monoisotopic (exact) mass is 244 g/mol. The number of hydrogen-bond donors (Lipinski definition) is 1. The van der Waals surface area contributed by atoms with Gasteiger partial charge >= 0.3 is 0 Å². The lowest BCUT2D eigenvalue weighted by Crippen LogP contribution is -2.38. The van der Waals surface area contributed by atoms with Gasteiger partial charge in [0.2, 0.25) is 0 Å². The number of hydrogen-bond acceptors (Lipinski definition) is 2. The van der Waals surface area contributed by atoms with Crippen molar-refractivity contribution in [2.24, 2.45) is 17.3 Å². The van der Waals surface area contributed by atoms with Crippen molar-refractivity contribution in [2.75, 3.05) is 12.0 Å². The summed E-state index contributed by atoms with van der Waals surface area (Å²) in [6, 6.07) is 0. The Hall–Kier alpha value is 0.310. The molecule has 0 heterocycles. The van der Waals surface area contributed by atoms with Gasteiger partial charge in [-0.25, -0.2) is 0 Å². The topological polar surface area (TPSA) is 20.2 Å². The van der Waals surface area contributed by atoms with Gasteiger partial charge in [0.15, 0.2) is 0 Å². The van der Waals surface area contributed by atoms with Crippen LogP contribution in [0, 0.1) is 17.3 Å². The van der Waals surface area contributed by atoms with Crippen LogP contribution in [0.4, 0.5) is 0 Å². The molecule has 1 fully saturated rings. The number of aliphatic hydroxyl groups excluding tert-OH is 1. The molecule has 0 radical (unpaired) electrons. The smallest absolute Gasteiger partial charge is 0.0576 e. The highest BCUT2D eigenvalue weighted by molar-refractivity contribution is 7.98. The second-order valence-electron chi connectivity index (χ2n) is 6.18. The first-order valence-corrected chi connectivity index (χ1v) is 8.03. The van der Waals surface area contributed by atoms with E-state index in [9.17, 15) is 5.11 Å². The third-order valence-corrected chi connectivity index (χ3v) is 4.95. The Labute approximate surface area is 105 Å². The van der Waals surface area contributed by atoms with Crippen LogP contribution in [0.1, 0.15) is 52.9 Å². The zero-order chi connectivity index (χ0) is 12.2. The van der Waals surface area contributed by atoms with E-state index in [-0.39, 0.29) is 6.10 Å². The van der Waals surface area contributed by atoms with Crippen molar-refractivity contribution in [3.8, 4) is 0 Å². The van der Waals surface area contributed by atoms with E-state index in [4.69, 9.17) is 0 Å². The van der Waals surface area contributed by atoms with Crippen molar-refractivity contribution in [1.82, 2.24) is 0 Å². The summed E-state index contributed by atoms with van der Waals surface area (Å²) in [4.78, 5) is 0. The molecule has 0 saturated heterocycles. The Bertz CT molecular complexity index is 203. The molecule has 3 unspecified atom stereocenters. The lowest BCUT2D eigenvalue weighted by Gasteiger charge is -2.42. The number of aliphatic hydroxyl groups is 1. The van der Waals surface area contributed by atoms with E-state index in [0.717, 1.165) is 6.42 Å². The number of thioether (sulfide) groups is 1. The molecule has 1 aliphatic carbocycles. The van der Waals surface area contributed by atoms with Gasteiger partial charge in [-0.15, -0.1) is 0 Å². The summed E-state index contributed by atoms with van der Waals surface area (Å²) in [6.07, 6.45) is 8.17. The first-order valence-electron chi connectivity index (χ1n) is 6.64. The molecule has 0 aromatic carbocycles. The lowest BCUT2D eigenvalue weighted by atomic mass is 9.66. The van der Waals surface area contributed by atoms with Crippen LogP contribution in [0.3, 0.4) is 0 Å². The predicted octanol–water partition coefficient (Wildman–Crippen LogP) is 3.95. The summed E-state index contributed by atoms with van der Waals surface area (Å²) in [5, 5.41) is 10.2. The molecule has 1 N–H and O–H groups in total. The second kappa shape index (κ2) is 6.30. The fourth-order valence-corrected chi connectivity index (χ4v) is 3.55. The van der Waals surface area contributed by atoms with E-state index < -0.39 is 0 Å². The summed E-state index contributed by atoms with van der Waals surface area (Å²) in [5.41, 5.74) is 0.315. The summed E-state index contributed by atoms with van der Waals surface area (Å²) < 4.78 is 0. The average molecular weight is 244 g/mol. The van der Waals surface area contributed by atoms with Crippen molar-refractivity contribution < 1.29 is 5.11 Å². The van der Waals surface area contributed by atoms with Crippen LogP contribution in [0.2, 0.25) is 0 Å². The van der Waals surface area contributed by atoms with Crippen molar-refractivity contribution in [3.05, 3.63) is 0 Å². The molecular formula is C14H28OS. The van der Waals surface area contributed by atoms with Gasteiger partial charge in [-0.05, 0) is 54.9 Å². The van der Waals surface area contributed by atoms with Crippen LogP contribution in [-0.2, 0) is 0 Å². The standard InChI is InChI=1S/C14H28OS/c1-11-6-7-12(13(15)10-11)14(2,3)8-5-9-16-4/h11-13,15H,5-10H2,1-4H3. The van der Waals surface area contributed by atoms with Gasteiger partial charge in [0.25, 0.3) is 0 Å². The van der Waals surface area contributed by atoms with Crippen molar-refractivity contribution in [3.63, 3.8) is 0 Å². The summed E-state index contributed by atoms with van der Waals surface area (Å²) >= 11 is 1.93. The number of rotatable bonds is 5. The highest BCUT2D eigenvalue weighted by Gasteiger charge is 2.37. The normalized spacial score (nSPS) is 31.7. The Balaban J connectivity index is 2.47. The van der Waals surface area contributed by atoms with Gasteiger partial charge < -0.3 is 5.11 Å². The van der Waals surface area contributed by atoms with Gasteiger partial charge in [0.1, 0.15) is 0 Å². The quantitative estimate of drug-likeness (QED) is 0.739. The molecule has 3 atom stereocenters. The van der Waals surface area contributed by atoms with Crippen molar-refractivity contribution in [2.45, 2.75) is 59.0 Å². The third-order valence-electron chi connectivity index (χ3n) is 4.25. The molecule has 1 saturated carbocycles. The third kappa shape index (κ3) is 3.96. The minimum Gasteiger partial charge on any atom is -0.393 e. The van der Waals surface area contributed by atoms with Crippen LogP contribution in [0.15, 0.2) is 0 Å². The summed E-state index contributed by atoms with van der Waals surface area (Å²) in [6.45, 7) is 6.95. The first kappa shape index (κ1) is 14.4. The molecule has 0 bridgehead atoms. The molecule has 16 heavy (non-hydrogen) atoms. The molecule has 2 heteroatoms. The van der Waals surface area contributed by atoms with Gasteiger partial charge in [0.05, 0.1) is 6.10 Å². The molecular weight excluding hydrogens is 216 g/mol. The fraction of sp³-hybridized carbons (Fsp3) is 1.00. The zero-order valence-electron chi connectivity index (χ0n) is 11.3. The molecule has 0 aromatic heterocycles. The largest absolute Gasteiger partial charge is 0.393 e. The summed E-state index contributed by atoms with van der Waals surface area (Å²) in [7, 11) is 0. The maximum absolute atomic E-state index is 10.2. The van der Waals surface area contributed by atoms with E-state index >= 15 is 0 Å². The van der Waals surface area contributed by atoms with Gasteiger partial charge in [-0.3, -0.25) is 0 Å². The minimum atomic E-state index is -0.0620. The highest BCUT2D eigenvalue weighted by Crippen LogP contribution is 2.43. The molecule has 1 rings (SSSR count). The fourth-order valence-electron chi connectivity index (χ4n) is 3.12. The van der Waals surface area contributed by atoms with E-state index in [1.807, 2.05) is 11.8 Å². The minimum absolute atomic E-state index is 0.0620. The molecule has 0 amide bonds. The second-order valence-corrected chi connectivity index (χ2v) is 7.16. The Kier molecular flexibility index (Phi) is 5.66. The van der Waals surface area contributed by atoms with Crippen LogP contribution in [0.5, 0.6) is 0 Å². The summed E-state index contributed by atoms with van der Waals surface area (Å²) in [5.74, 6) is 2.49. The van der Waals surface area contributed by atoms with Gasteiger partial charge in [0, 0.05) is 0 Å². The van der Waals surface area contributed by atoms with E-state index in [1.165, 1.54) is 31.4 Å². The Morgan fingerprint density at radius 2 is 2.00 bits per heavy atom. The van der Waals surface area contributed by atoms with E-state index in [1.54, 1.807) is 0 Å². The Morgan fingerprint density at radius 3 is 2.56 bits per heavy atom. The lowest BCUT2D eigenvalue weighted by molar-refractivity contribution is -0.0160. The van der Waals surface area contributed by atoms with Crippen LogP contribution < -0.4 is 0 Å². The maximum Gasteiger partial charge on any atom is 0.0576 e. The average Bonchev–Trinajstić information content (AvgIpc) is 2.17. The molecule has 0 aromatic rings. The van der Waals surface area contributed by atoms with Crippen molar-refractivity contribution in [1.29, 1.82) is 0 Å². The molecule has 96 valence electrons. The molecule has 1 aliphatic rings. The molecule has 0 spiro atoms.